The van der Waals surface area contributed by atoms with Gasteiger partial charge in [-0.1, -0.05) is 18.2 Å². The Morgan fingerprint density at radius 3 is 2.88 bits per heavy atom. The fourth-order valence-corrected chi connectivity index (χ4v) is 2.26. The zero-order valence-corrected chi connectivity index (χ0v) is 10.1. The van der Waals surface area contributed by atoms with Crippen molar-refractivity contribution >= 4 is 11.5 Å². The van der Waals surface area contributed by atoms with E-state index in [1.165, 1.54) is 6.42 Å². The largest absolute Gasteiger partial charge is 0.399 e. The number of carbonyl (C=O) groups is 1. The van der Waals surface area contributed by atoms with Crippen molar-refractivity contribution in [1.82, 2.24) is 0 Å². The lowest BCUT2D eigenvalue weighted by Gasteiger charge is -2.11. The molecule has 2 nitrogen and oxygen atoms in total. The molecular weight excluding hydrogens is 210 g/mol. The van der Waals surface area contributed by atoms with Gasteiger partial charge in [-0.15, -0.1) is 0 Å². The maximum absolute atomic E-state index is 12.0. The van der Waals surface area contributed by atoms with Crippen molar-refractivity contribution in [3.8, 4) is 0 Å². The average Bonchev–Trinajstić information content (AvgIpc) is 2.37. The summed E-state index contributed by atoms with van der Waals surface area (Å²) >= 11 is 0. The molecule has 1 aromatic carbocycles. The van der Waals surface area contributed by atoms with Crippen molar-refractivity contribution in [1.29, 1.82) is 0 Å². The molecule has 0 bridgehead atoms. The Labute approximate surface area is 103 Å². The number of anilines is 1. The Bertz CT molecular complexity index is 434. The molecule has 0 aromatic heterocycles. The first-order chi connectivity index (χ1) is 8.25. The molecule has 0 saturated heterocycles. The van der Waals surface area contributed by atoms with Gasteiger partial charge in [-0.05, 0) is 55.4 Å². The van der Waals surface area contributed by atoms with Crippen LogP contribution in [0.5, 0.6) is 0 Å². The van der Waals surface area contributed by atoms with Gasteiger partial charge in [0.05, 0.1) is 0 Å². The van der Waals surface area contributed by atoms with Crippen molar-refractivity contribution < 1.29 is 4.79 Å². The maximum atomic E-state index is 12.0. The first-order valence-corrected chi connectivity index (χ1v) is 6.32. The van der Waals surface area contributed by atoms with Crippen molar-refractivity contribution in [2.75, 3.05) is 5.73 Å². The fourth-order valence-electron chi connectivity index (χ4n) is 2.26. The van der Waals surface area contributed by atoms with Crippen LogP contribution >= 0.6 is 0 Å². The molecule has 0 aliphatic heterocycles. The number of nitrogens with two attached hydrogens (primary N) is 1. The monoisotopic (exact) mass is 229 g/mol. The second-order valence-electron chi connectivity index (χ2n) is 4.64. The van der Waals surface area contributed by atoms with E-state index in [-0.39, 0.29) is 0 Å². The number of rotatable bonds is 4. The molecule has 2 heteroatoms. The van der Waals surface area contributed by atoms with Crippen LogP contribution in [0.1, 0.15) is 37.7 Å². The molecule has 2 N–H and O–H groups in total. The maximum Gasteiger partial charge on any atom is 0.158 e. The standard InChI is InChI=1S/C15H19NO/c16-14-8-4-5-12(11-14)9-10-15(17)13-6-2-1-3-7-13/h4-6,8,11H,1-3,7,9-10,16H2. The van der Waals surface area contributed by atoms with E-state index in [0.29, 0.717) is 12.2 Å². The summed E-state index contributed by atoms with van der Waals surface area (Å²) in [7, 11) is 0. The number of Topliss-reactive ketones (excluding diaryl/α,β-unsaturated/α-hetero) is 1. The van der Waals surface area contributed by atoms with E-state index in [1.54, 1.807) is 0 Å². The first kappa shape index (κ1) is 11.9. The van der Waals surface area contributed by atoms with E-state index < -0.39 is 0 Å². The molecule has 0 heterocycles. The number of aryl methyl sites for hydroxylation is 1. The number of benzene rings is 1. The lowest BCUT2D eigenvalue weighted by atomic mass is 9.93. The molecule has 1 aliphatic carbocycles. The molecular formula is C15H19NO. The van der Waals surface area contributed by atoms with Gasteiger partial charge in [0.2, 0.25) is 0 Å². The normalized spacial score (nSPS) is 15.4. The van der Waals surface area contributed by atoms with E-state index in [0.717, 1.165) is 42.5 Å². The molecule has 0 radical (unpaired) electrons. The lowest BCUT2D eigenvalue weighted by molar-refractivity contribution is -0.115. The Morgan fingerprint density at radius 1 is 1.29 bits per heavy atom. The second-order valence-corrected chi connectivity index (χ2v) is 4.64. The van der Waals surface area contributed by atoms with Crippen LogP contribution in [0.4, 0.5) is 5.69 Å². The van der Waals surface area contributed by atoms with Crippen LogP contribution in [0.3, 0.4) is 0 Å². The summed E-state index contributed by atoms with van der Waals surface area (Å²) < 4.78 is 0. The summed E-state index contributed by atoms with van der Waals surface area (Å²) in [5, 5.41) is 0. The van der Waals surface area contributed by atoms with Crippen molar-refractivity contribution in [3.05, 3.63) is 41.5 Å². The number of allylic oxidation sites excluding steroid dienone is 2. The van der Waals surface area contributed by atoms with Crippen LogP contribution in [0.2, 0.25) is 0 Å². The zero-order valence-electron chi connectivity index (χ0n) is 10.1. The van der Waals surface area contributed by atoms with Crippen LogP contribution in [-0.2, 0) is 11.2 Å². The summed E-state index contributed by atoms with van der Waals surface area (Å²) in [6.07, 6.45) is 7.94. The molecule has 90 valence electrons. The van der Waals surface area contributed by atoms with Crippen molar-refractivity contribution in [2.45, 2.75) is 38.5 Å². The highest BCUT2D eigenvalue weighted by atomic mass is 16.1. The second kappa shape index (κ2) is 5.67. The molecule has 17 heavy (non-hydrogen) atoms. The summed E-state index contributed by atoms with van der Waals surface area (Å²) in [5.41, 5.74) is 8.67. The zero-order chi connectivity index (χ0) is 12.1. The third-order valence-electron chi connectivity index (χ3n) is 3.24. The van der Waals surface area contributed by atoms with Gasteiger partial charge in [0.1, 0.15) is 0 Å². The minimum atomic E-state index is 0.312. The minimum absolute atomic E-state index is 0.312. The Kier molecular flexibility index (Phi) is 3.97. The molecule has 1 aliphatic rings. The van der Waals surface area contributed by atoms with Gasteiger partial charge in [-0.25, -0.2) is 0 Å². The fraction of sp³-hybridized carbons (Fsp3) is 0.400. The summed E-state index contributed by atoms with van der Waals surface area (Å²) in [4.78, 5) is 12.0. The van der Waals surface area contributed by atoms with Gasteiger partial charge in [-0.2, -0.15) is 0 Å². The van der Waals surface area contributed by atoms with Crippen LogP contribution in [-0.4, -0.2) is 5.78 Å². The van der Waals surface area contributed by atoms with Crippen LogP contribution in [0.15, 0.2) is 35.9 Å². The number of ketones is 1. The van der Waals surface area contributed by atoms with Crippen LogP contribution in [0.25, 0.3) is 0 Å². The number of nitrogen functional groups attached to an aromatic ring is 1. The van der Waals surface area contributed by atoms with Gasteiger partial charge in [0.25, 0.3) is 0 Å². The summed E-state index contributed by atoms with van der Waals surface area (Å²) in [6.45, 7) is 0. The third-order valence-corrected chi connectivity index (χ3v) is 3.24. The molecule has 0 saturated carbocycles. The molecule has 0 spiro atoms. The lowest BCUT2D eigenvalue weighted by Crippen LogP contribution is -2.07. The van der Waals surface area contributed by atoms with Gasteiger partial charge in [-0.3, -0.25) is 4.79 Å². The highest BCUT2D eigenvalue weighted by Gasteiger charge is 2.11. The Balaban J connectivity index is 1.89. The van der Waals surface area contributed by atoms with Crippen molar-refractivity contribution in [2.24, 2.45) is 0 Å². The van der Waals surface area contributed by atoms with E-state index in [2.05, 4.69) is 6.08 Å². The number of hydrogen-bond donors (Lipinski definition) is 1. The number of hydrogen-bond acceptors (Lipinski definition) is 2. The van der Waals surface area contributed by atoms with Gasteiger partial charge < -0.3 is 5.73 Å². The van der Waals surface area contributed by atoms with Gasteiger partial charge >= 0.3 is 0 Å². The average molecular weight is 229 g/mol. The summed E-state index contributed by atoms with van der Waals surface area (Å²) in [6, 6.07) is 7.78. The Morgan fingerprint density at radius 2 is 2.18 bits per heavy atom. The predicted molar refractivity (Wildman–Crippen MR) is 70.7 cm³/mol. The predicted octanol–water partition coefficient (Wildman–Crippen LogP) is 3.27. The smallest absolute Gasteiger partial charge is 0.158 e. The van der Waals surface area contributed by atoms with Gasteiger partial charge in [0, 0.05) is 12.1 Å². The summed E-state index contributed by atoms with van der Waals surface area (Å²) in [5.74, 6) is 0.312. The quantitative estimate of drug-likeness (QED) is 0.805. The molecule has 0 unspecified atom stereocenters. The highest BCUT2D eigenvalue weighted by molar-refractivity contribution is 5.95. The molecule has 0 atom stereocenters. The van der Waals surface area contributed by atoms with Crippen LogP contribution < -0.4 is 5.73 Å². The van der Waals surface area contributed by atoms with E-state index in [1.807, 2.05) is 24.3 Å². The third kappa shape index (κ3) is 3.45. The molecule has 1 aromatic rings. The highest BCUT2D eigenvalue weighted by Crippen LogP contribution is 2.20. The van der Waals surface area contributed by atoms with E-state index in [9.17, 15) is 4.79 Å². The SMILES string of the molecule is Nc1cccc(CCC(=O)C2=CCCCC2)c1. The topological polar surface area (TPSA) is 43.1 Å². The van der Waals surface area contributed by atoms with Crippen LogP contribution in [0, 0.1) is 0 Å². The van der Waals surface area contributed by atoms with E-state index >= 15 is 0 Å². The first-order valence-electron chi connectivity index (χ1n) is 6.32. The molecule has 0 fully saturated rings. The number of carbonyl (C=O) groups excluding carboxylic acids is 1. The minimum Gasteiger partial charge on any atom is -0.399 e. The Hall–Kier alpha value is -1.57. The van der Waals surface area contributed by atoms with E-state index in [4.69, 9.17) is 5.73 Å². The molecule has 2 rings (SSSR count). The molecule has 0 amide bonds. The van der Waals surface area contributed by atoms with Gasteiger partial charge in [0.15, 0.2) is 5.78 Å². The van der Waals surface area contributed by atoms with Crippen molar-refractivity contribution in [3.63, 3.8) is 0 Å².